The number of carbonyl (C=O) groups excluding carboxylic acids is 1. The van der Waals surface area contributed by atoms with Crippen LogP contribution in [0.25, 0.3) is 21.3 Å². The zero-order chi connectivity index (χ0) is 22.0. The number of aliphatic carboxylic acids is 1. The molecule has 1 aliphatic rings. The number of thiazole rings is 1. The van der Waals surface area contributed by atoms with Gasteiger partial charge in [0.1, 0.15) is 5.82 Å². The molecule has 1 aliphatic heterocycles. The van der Waals surface area contributed by atoms with Crippen molar-refractivity contribution in [2.45, 2.75) is 19.8 Å². The monoisotopic (exact) mass is 444 g/mol. The number of aromatic nitrogens is 3. The van der Waals surface area contributed by atoms with E-state index in [-0.39, 0.29) is 11.9 Å². The van der Waals surface area contributed by atoms with Crippen LogP contribution in [0, 0.1) is 11.7 Å². The van der Waals surface area contributed by atoms with Crippen LogP contribution in [0.3, 0.4) is 0 Å². The number of carbonyl (C=O) groups is 2. The van der Waals surface area contributed by atoms with Crippen LogP contribution in [0.4, 0.5) is 20.3 Å². The summed E-state index contributed by atoms with van der Waals surface area (Å²) in [6, 6.07) is 2.63. The average Bonchev–Trinajstić information content (AvgIpc) is 3.14. The highest BCUT2D eigenvalue weighted by atomic mass is 32.1. The summed E-state index contributed by atoms with van der Waals surface area (Å²) in [5.41, 5.74) is 1.39. The molecule has 1 saturated heterocycles. The highest BCUT2D eigenvalue weighted by Crippen LogP contribution is 2.32. The summed E-state index contributed by atoms with van der Waals surface area (Å²) in [6.45, 7) is 3.43. The number of hydrogen-bond acceptors (Lipinski definition) is 7. The lowest BCUT2D eigenvalue weighted by molar-refractivity contribution is -0.142. The molecule has 0 spiro atoms. The number of fused-ring (bicyclic) bond motifs is 1. The van der Waals surface area contributed by atoms with Gasteiger partial charge in [0.2, 0.25) is 5.95 Å². The van der Waals surface area contributed by atoms with E-state index in [4.69, 9.17) is 5.11 Å². The van der Waals surface area contributed by atoms with E-state index in [0.29, 0.717) is 64.9 Å². The van der Waals surface area contributed by atoms with Crippen molar-refractivity contribution < 1.29 is 19.1 Å². The lowest BCUT2D eigenvalue weighted by atomic mass is 9.97. The number of amides is 2. The molecule has 0 aliphatic carbocycles. The number of nitrogens with one attached hydrogen (secondary N) is 2. The van der Waals surface area contributed by atoms with Crippen molar-refractivity contribution in [1.29, 1.82) is 0 Å². The second-order valence-corrected chi connectivity index (χ2v) is 8.21. The van der Waals surface area contributed by atoms with Crippen LogP contribution in [0.1, 0.15) is 19.8 Å². The molecular weight excluding hydrogens is 423 g/mol. The maximum atomic E-state index is 14.7. The van der Waals surface area contributed by atoms with Gasteiger partial charge >= 0.3 is 12.0 Å². The smallest absolute Gasteiger partial charge is 0.321 e. The number of benzene rings is 1. The average molecular weight is 444 g/mol. The molecule has 2 aromatic heterocycles. The first-order valence-electron chi connectivity index (χ1n) is 9.89. The van der Waals surface area contributed by atoms with E-state index in [1.807, 2.05) is 11.8 Å². The molecule has 0 radical (unpaired) electrons. The number of carboxylic acid groups (broad SMARTS) is 1. The molecule has 2 amide bonds. The van der Waals surface area contributed by atoms with Gasteiger partial charge in [-0.25, -0.2) is 24.1 Å². The number of halogens is 1. The lowest BCUT2D eigenvalue weighted by Gasteiger charge is -2.30. The molecule has 3 heterocycles. The van der Waals surface area contributed by atoms with Crippen molar-refractivity contribution in [1.82, 2.24) is 20.3 Å². The number of anilines is 2. The summed E-state index contributed by atoms with van der Waals surface area (Å²) in [5, 5.41) is 14.7. The summed E-state index contributed by atoms with van der Waals surface area (Å²) in [7, 11) is 0. The second-order valence-electron chi connectivity index (χ2n) is 7.17. The zero-order valence-corrected chi connectivity index (χ0v) is 17.6. The number of nitrogens with zero attached hydrogens (tertiary/aromatic N) is 4. The Bertz CT molecular complexity index is 1110. The van der Waals surface area contributed by atoms with Gasteiger partial charge in [0.05, 0.1) is 16.1 Å². The predicted molar refractivity (Wildman–Crippen MR) is 116 cm³/mol. The van der Waals surface area contributed by atoms with Gasteiger partial charge in [-0.3, -0.25) is 10.1 Å². The van der Waals surface area contributed by atoms with Crippen molar-refractivity contribution in [3.63, 3.8) is 0 Å². The molecule has 11 heteroatoms. The van der Waals surface area contributed by atoms with Crippen LogP contribution in [-0.4, -0.2) is 51.7 Å². The number of urea groups is 1. The first kappa shape index (κ1) is 20.9. The molecule has 1 fully saturated rings. The zero-order valence-electron chi connectivity index (χ0n) is 16.8. The second kappa shape index (κ2) is 8.80. The van der Waals surface area contributed by atoms with Crippen molar-refractivity contribution in [2.75, 3.05) is 29.9 Å². The molecule has 3 aromatic rings. The SMILES string of the molecule is CCNC(=O)Nc1nc2cc(-c3cnc(N4CCC(C(=O)O)CC4)nc3)c(F)cc2s1. The minimum atomic E-state index is -0.770. The molecule has 3 N–H and O–H groups in total. The summed E-state index contributed by atoms with van der Waals surface area (Å²) < 4.78 is 15.3. The normalized spacial score (nSPS) is 14.6. The summed E-state index contributed by atoms with van der Waals surface area (Å²) in [5.74, 6) is -1.04. The Kier molecular flexibility index (Phi) is 5.94. The van der Waals surface area contributed by atoms with Crippen molar-refractivity contribution in [3.8, 4) is 11.1 Å². The Morgan fingerprint density at radius 3 is 2.61 bits per heavy atom. The molecule has 0 atom stereocenters. The van der Waals surface area contributed by atoms with E-state index < -0.39 is 11.8 Å². The van der Waals surface area contributed by atoms with Crippen molar-refractivity contribution in [3.05, 3.63) is 30.3 Å². The van der Waals surface area contributed by atoms with Gasteiger partial charge in [-0.1, -0.05) is 11.3 Å². The van der Waals surface area contributed by atoms with Crippen LogP contribution >= 0.6 is 11.3 Å². The van der Waals surface area contributed by atoms with Gasteiger partial charge in [0.25, 0.3) is 0 Å². The molecule has 0 unspecified atom stereocenters. The van der Waals surface area contributed by atoms with E-state index in [0.717, 1.165) is 0 Å². The minimum absolute atomic E-state index is 0.318. The van der Waals surface area contributed by atoms with Crippen molar-refractivity contribution in [2.24, 2.45) is 5.92 Å². The highest BCUT2D eigenvalue weighted by Gasteiger charge is 2.25. The van der Waals surface area contributed by atoms with E-state index in [1.165, 1.54) is 17.4 Å². The first-order valence-corrected chi connectivity index (χ1v) is 10.7. The van der Waals surface area contributed by atoms with Crippen LogP contribution in [-0.2, 0) is 4.79 Å². The molecular formula is C20H21FN6O3S. The van der Waals surface area contributed by atoms with E-state index >= 15 is 0 Å². The number of rotatable bonds is 5. The molecule has 31 heavy (non-hydrogen) atoms. The van der Waals surface area contributed by atoms with E-state index in [9.17, 15) is 14.0 Å². The third-order valence-electron chi connectivity index (χ3n) is 5.11. The minimum Gasteiger partial charge on any atom is -0.481 e. The van der Waals surface area contributed by atoms with Crippen molar-refractivity contribution >= 4 is 44.6 Å². The molecule has 9 nitrogen and oxygen atoms in total. The number of carboxylic acids is 1. The van der Waals surface area contributed by atoms with Gasteiger partial charge in [-0.05, 0) is 31.9 Å². The van der Waals surface area contributed by atoms with Crippen LogP contribution in [0.2, 0.25) is 0 Å². The van der Waals surface area contributed by atoms with Crippen LogP contribution < -0.4 is 15.5 Å². The van der Waals surface area contributed by atoms with E-state index in [2.05, 4.69) is 25.6 Å². The molecule has 4 rings (SSSR count). The van der Waals surface area contributed by atoms with Crippen LogP contribution in [0.15, 0.2) is 24.5 Å². The summed E-state index contributed by atoms with van der Waals surface area (Å²) in [4.78, 5) is 37.8. The summed E-state index contributed by atoms with van der Waals surface area (Å²) in [6.07, 6.45) is 4.19. The van der Waals surface area contributed by atoms with Gasteiger partial charge in [-0.15, -0.1) is 0 Å². The fourth-order valence-electron chi connectivity index (χ4n) is 3.48. The number of piperidine rings is 1. The molecule has 0 saturated carbocycles. The Balaban J connectivity index is 1.52. The first-order chi connectivity index (χ1) is 14.9. The molecule has 0 bridgehead atoms. The molecule has 1 aromatic carbocycles. The van der Waals surface area contributed by atoms with Gasteiger partial charge in [0, 0.05) is 43.2 Å². The molecule has 162 valence electrons. The maximum Gasteiger partial charge on any atom is 0.321 e. The Hall–Kier alpha value is -3.34. The van der Waals surface area contributed by atoms with E-state index in [1.54, 1.807) is 18.5 Å². The standard InChI is InChI=1S/C20H21FN6O3S/c1-2-22-19(30)26-20-25-15-7-13(14(21)8-16(15)31-20)12-9-23-18(24-10-12)27-5-3-11(4-6-27)17(28)29/h7-11H,2-6H2,1H3,(H,28,29)(H2,22,25,26,30). The fraction of sp³-hybridized carbons (Fsp3) is 0.350. The lowest BCUT2D eigenvalue weighted by Crippen LogP contribution is -2.37. The summed E-state index contributed by atoms with van der Waals surface area (Å²) >= 11 is 1.19. The third-order valence-corrected chi connectivity index (χ3v) is 6.04. The predicted octanol–water partition coefficient (Wildman–Crippen LogP) is 3.33. The Morgan fingerprint density at radius 2 is 1.97 bits per heavy atom. The fourth-order valence-corrected chi connectivity index (χ4v) is 4.34. The Morgan fingerprint density at radius 1 is 1.26 bits per heavy atom. The largest absolute Gasteiger partial charge is 0.481 e. The quantitative estimate of drug-likeness (QED) is 0.552. The topological polar surface area (TPSA) is 120 Å². The van der Waals surface area contributed by atoms with Gasteiger partial charge in [0.15, 0.2) is 5.13 Å². The number of hydrogen-bond donors (Lipinski definition) is 3. The van der Waals surface area contributed by atoms with Crippen LogP contribution in [0.5, 0.6) is 0 Å². The Labute approximate surface area is 181 Å². The third kappa shape index (κ3) is 4.55. The maximum absolute atomic E-state index is 14.7. The van der Waals surface area contributed by atoms with Gasteiger partial charge < -0.3 is 15.3 Å². The van der Waals surface area contributed by atoms with Gasteiger partial charge in [-0.2, -0.15) is 0 Å². The highest BCUT2D eigenvalue weighted by molar-refractivity contribution is 7.22.